The van der Waals surface area contributed by atoms with Gasteiger partial charge in [0.15, 0.2) is 0 Å². The smallest absolute Gasteiger partial charge is 0.229 e. The van der Waals surface area contributed by atoms with Gasteiger partial charge in [0.05, 0.1) is 10.8 Å². The highest BCUT2D eigenvalue weighted by Crippen LogP contribution is 2.64. The summed E-state index contributed by atoms with van der Waals surface area (Å²) in [5.41, 5.74) is -1.49. The lowest BCUT2D eigenvalue weighted by Crippen LogP contribution is -2.41. The summed E-state index contributed by atoms with van der Waals surface area (Å²) in [6, 6.07) is 0. The van der Waals surface area contributed by atoms with Gasteiger partial charge in [0.1, 0.15) is 8.67 Å². The molecule has 2 aliphatic carbocycles. The van der Waals surface area contributed by atoms with Gasteiger partial charge in [-0.05, 0) is 26.7 Å². The lowest BCUT2D eigenvalue weighted by Gasteiger charge is -2.15. The Morgan fingerprint density at radius 2 is 1.10 bits per heavy atom. The van der Waals surface area contributed by atoms with Crippen LogP contribution in [0.15, 0.2) is 0 Å². The minimum absolute atomic E-state index is 0.210. The Morgan fingerprint density at radius 3 is 1.30 bits per heavy atom. The molecule has 0 aromatic carbocycles. The molecular formula is C12H16Cl4N2O2. The quantitative estimate of drug-likeness (QED) is 0.583. The zero-order valence-corrected chi connectivity index (χ0v) is 14.2. The Bertz CT molecular complexity index is 426. The zero-order valence-electron chi connectivity index (χ0n) is 11.2. The molecule has 0 aromatic heterocycles. The summed E-state index contributed by atoms with van der Waals surface area (Å²) in [5.74, 6) is -0.420. The van der Waals surface area contributed by atoms with E-state index < -0.39 is 19.5 Å². The molecule has 2 N–H and O–H groups in total. The molecular weight excluding hydrogens is 346 g/mol. The van der Waals surface area contributed by atoms with Crippen molar-refractivity contribution >= 4 is 58.2 Å². The number of hydrogen-bond donors (Lipinski definition) is 2. The van der Waals surface area contributed by atoms with E-state index in [2.05, 4.69) is 10.6 Å². The van der Waals surface area contributed by atoms with Gasteiger partial charge in [-0.15, -0.1) is 46.4 Å². The predicted octanol–water partition coefficient (Wildman–Crippen LogP) is 2.39. The average Bonchev–Trinajstić information content (AvgIpc) is 3.04. The number of alkyl halides is 4. The van der Waals surface area contributed by atoms with Crippen LogP contribution in [-0.4, -0.2) is 33.6 Å². The fraction of sp³-hybridized carbons (Fsp3) is 0.833. The van der Waals surface area contributed by atoms with Crippen molar-refractivity contribution in [1.29, 1.82) is 0 Å². The van der Waals surface area contributed by atoms with Crippen molar-refractivity contribution < 1.29 is 9.59 Å². The van der Waals surface area contributed by atoms with Crippen LogP contribution in [0.2, 0.25) is 0 Å². The molecule has 0 aliphatic heterocycles. The SMILES string of the molecule is C[C@@]1(C(=O)NCCNC(=O)[C@]2(C)CC2(Cl)Cl)CC1(Cl)Cl. The standard InChI is InChI=1S/C12H16Cl4N2O2/c1-9(5-11(9,13)14)7(19)17-3-4-18-8(20)10(2)6-12(10,15)16/h3-6H2,1-2H3,(H,17,19)(H,18,20)/t9-,10-/m0/s1. The first-order valence-corrected chi connectivity index (χ1v) is 7.80. The Labute approximate surface area is 137 Å². The summed E-state index contributed by atoms with van der Waals surface area (Å²) < 4.78 is -1.97. The fourth-order valence-electron chi connectivity index (χ4n) is 2.03. The van der Waals surface area contributed by atoms with Gasteiger partial charge in [0.2, 0.25) is 11.8 Å². The van der Waals surface area contributed by atoms with Crippen LogP contribution in [0.4, 0.5) is 0 Å². The largest absolute Gasteiger partial charge is 0.354 e. The highest BCUT2D eigenvalue weighted by atomic mass is 35.5. The summed E-state index contributed by atoms with van der Waals surface area (Å²) >= 11 is 23.6. The molecule has 20 heavy (non-hydrogen) atoms. The molecule has 114 valence electrons. The van der Waals surface area contributed by atoms with Gasteiger partial charge in [0.25, 0.3) is 0 Å². The first-order valence-electron chi connectivity index (χ1n) is 6.29. The van der Waals surface area contributed by atoms with E-state index in [0.29, 0.717) is 25.9 Å². The lowest BCUT2D eigenvalue weighted by atomic mass is 10.1. The topological polar surface area (TPSA) is 58.2 Å². The Balaban J connectivity index is 1.68. The molecule has 0 unspecified atom stereocenters. The fourth-order valence-corrected chi connectivity index (χ4v) is 3.45. The van der Waals surface area contributed by atoms with Gasteiger partial charge in [-0.2, -0.15) is 0 Å². The second-order valence-corrected chi connectivity index (χ2v) is 8.91. The van der Waals surface area contributed by atoms with Crippen LogP contribution >= 0.6 is 46.4 Å². The average molecular weight is 362 g/mol. The summed E-state index contributed by atoms with van der Waals surface area (Å²) in [4.78, 5) is 23.7. The summed E-state index contributed by atoms with van der Waals surface area (Å²) in [5, 5.41) is 5.40. The number of amides is 2. The molecule has 0 saturated heterocycles. The van der Waals surface area contributed by atoms with E-state index in [1.807, 2.05) is 0 Å². The van der Waals surface area contributed by atoms with Crippen LogP contribution in [0.5, 0.6) is 0 Å². The molecule has 2 aliphatic rings. The van der Waals surface area contributed by atoms with Crippen molar-refractivity contribution in [2.24, 2.45) is 10.8 Å². The highest BCUT2D eigenvalue weighted by Gasteiger charge is 2.68. The first-order chi connectivity index (χ1) is 8.96. The van der Waals surface area contributed by atoms with E-state index in [1.54, 1.807) is 13.8 Å². The van der Waals surface area contributed by atoms with Gasteiger partial charge in [-0.25, -0.2) is 0 Å². The van der Waals surface area contributed by atoms with Crippen LogP contribution in [0.25, 0.3) is 0 Å². The van der Waals surface area contributed by atoms with E-state index in [9.17, 15) is 9.59 Å². The van der Waals surface area contributed by atoms with Crippen molar-refractivity contribution in [1.82, 2.24) is 10.6 Å². The molecule has 0 spiro atoms. The molecule has 0 radical (unpaired) electrons. The van der Waals surface area contributed by atoms with E-state index >= 15 is 0 Å². The summed E-state index contributed by atoms with van der Waals surface area (Å²) in [6.07, 6.45) is 0.862. The maximum Gasteiger partial charge on any atom is 0.229 e. The van der Waals surface area contributed by atoms with Gasteiger partial charge < -0.3 is 10.6 Å². The number of halogens is 4. The molecule has 2 saturated carbocycles. The molecule has 0 aromatic rings. The number of carbonyl (C=O) groups excluding carboxylic acids is 2. The van der Waals surface area contributed by atoms with Crippen LogP contribution in [0, 0.1) is 10.8 Å². The zero-order chi connectivity index (χ0) is 15.4. The summed E-state index contributed by atoms with van der Waals surface area (Å²) in [7, 11) is 0. The minimum Gasteiger partial charge on any atom is -0.354 e. The second kappa shape index (κ2) is 4.80. The first kappa shape index (κ1) is 16.5. The third-order valence-corrected chi connectivity index (χ3v) is 6.42. The van der Waals surface area contributed by atoms with Crippen molar-refractivity contribution in [2.75, 3.05) is 13.1 Å². The van der Waals surface area contributed by atoms with Crippen LogP contribution in [0.1, 0.15) is 26.7 Å². The van der Waals surface area contributed by atoms with Crippen LogP contribution in [-0.2, 0) is 9.59 Å². The highest BCUT2D eigenvalue weighted by molar-refractivity contribution is 6.53. The number of rotatable bonds is 5. The molecule has 2 amide bonds. The third kappa shape index (κ3) is 2.60. The molecule has 0 heterocycles. The van der Waals surface area contributed by atoms with E-state index in [-0.39, 0.29) is 11.8 Å². The van der Waals surface area contributed by atoms with Crippen molar-refractivity contribution in [3.63, 3.8) is 0 Å². The monoisotopic (exact) mass is 360 g/mol. The third-order valence-electron chi connectivity index (χ3n) is 4.21. The van der Waals surface area contributed by atoms with Crippen molar-refractivity contribution in [3.8, 4) is 0 Å². The predicted molar refractivity (Wildman–Crippen MR) is 80.3 cm³/mol. The maximum atomic E-state index is 11.9. The Morgan fingerprint density at radius 1 is 0.850 bits per heavy atom. The Hall–Kier alpha value is 0.1000. The number of carbonyl (C=O) groups is 2. The molecule has 2 atom stereocenters. The van der Waals surface area contributed by atoms with Gasteiger partial charge in [0, 0.05) is 13.1 Å². The lowest BCUT2D eigenvalue weighted by molar-refractivity contribution is -0.127. The van der Waals surface area contributed by atoms with Crippen molar-refractivity contribution in [2.45, 2.75) is 35.4 Å². The van der Waals surface area contributed by atoms with Crippen LogP contribution < -0.4 is 10.6 Å². The van der Waals surface area contributed by atoms with Gasteiger partial charge in [-0.3, -0.25) is 9.59 Å². The molecule has 8 heteroatoms. The Kier molecular flexibility index (Phi) is 3.95. The molecule has 4 nitrogen and oxygen atoms in total. The number of hydrogen-bond acceptors (Lipinski definition) is 2. The molecule has 2 rings (SSSR count). The normalized spacial score (nSPS) is 36.1. The van der Waals surface area contributed by atoms with Gasteiger partial charge >= 0.3 is 0 Å². The van der Waals surface area contributed by atoms with Crippen LogP contribution in [0.3, 0.4) is 0 Å². The molecule has 2 fully saturated rings. The minimum atomic E-state index is -0.987. The van der Waals surface area contributed by atoms with E-state index in [1.165, 1.54) is 0 Å². The maximum absolute atomic E-state index is 11.9. The molecule has 0 bridgehead atoms. The van der Waals surface area contributed by atoms with Crippen molar-refractivity contribution in [3.05, 3.63) is 0 Å². The van der Waals surface area contributed by atoms with Gasteiger partial charge in [-0.1, -0.05) is 0 Å². The summed E-state index contributed by atoms with van der Waals surface area (Å²) in [6.45, 7) is 4.03. The van der Waals surface area contributed by atoms with E-state index in [4.69, 9.17) is 46.4 Å². The number of nitrogens with one attached hydrogen (secondary N) is 2. The second-order valence-electron chi connectivity index (χ2n) is 5.94. The van der Waals surface area contributed by atoms with E-state index in [0.717, 1.165) is 0 Å².